The largest absolute Gasteiger partial charge is 0.492 e. The highest BCUT2D eigenvalue weighted by Crippen LogP contribution is 2.34. The summed E-state index contributed by atoms with van der Waals surface area (Å²) in [5.74, 6) is 2.60. The van der Waals surface area contributed by atoms with E-state index in [1.54, 1.807) is 6.07 Å². The molecule has 4 aromatic rings. The van der Waals surface area contributed by atoms with E-state index in [4.69, 9.17) is 14.5 Å². The Hall–Kier alpha value is -3.35. The van der Waals surface area contributed by atoms with Crippen molar-refractivity contribution in [2.45, 2.75) is 27.0 Å². The highest BCUT2D eigenvalue weighted by molar-refractivity contribution is 8.32. The van der Waals surface area contributed by atoms with Gasteiger partial charge < -0.3 is 14.0 Å². The maximum absolute atomic E-state index is 12.3. The van der Waals surface area contributed by atoms with Crippen LogP contribution in [0.15, 0.2) is 41.2 Å². The maximum Gasteiger partial charge on any atom is 0.272 e. The number of aromatic nitrogens is 4. The van der Waals surface area contributed by atoms with E-state index in [1.165, 1.54) is 0 Å². The van der Waals surface area contributed by atoms with Crippen molar-refractivity contribution in [2.24, 2.45) is 5.92 Å². The molecule has 2 aromatic carbocycles. The number of aromatic amines is 1. The van der Waals surface area contributed by atoms with Crippen LogP contribution in [0.5, 0.6) is 5.75 Å². The molecule has 0 spiro atoms. The third-order valence-corrected chi connectivity index (χ3v) is 7.17. The van der Waals surface area contributed by atoms with Gasteiger partial charge in [-0.1, -0.05) is 32.0 Å². The van der Waals surface area contributed by atoms with Crippen LogP contribution in [0.25, 0.3) is 21.8 Å². The number of nitriles is 1. The summed E-state index contributed by atoms with van der Waals surface area (Å²) in [5.41, 5.74) is 2.48. The lowest BCUT2D eigenvalue weighted by Gasteiger charge is -2.24. The number of fused-ring (bicyclic) bond motifs is 2. The van der Waals surface area contributed by atoms with Gasteiger partial charge in [0, 0.05) is 17.2 Å². The number of H-pyrrole nitrogens is 1. The molecule has 0 saturated heterocycles. The second-order valence-corrected chi connectivity index (χ2v) is 14.8. The first-order valence-corrected chi connectivity index (χ1v) is 14.9. The van der Waals surface area contributed by atoms with Gasteiger partial charge in [0.2, 0.25) is 0 Å². The minimum Gasteiger partial charge on any atom is -0.492 e. The van der Waals surface area contributed by atoms with E-state index in [-0.39, 0.29) is 5.56 Å². The van der Waals surface area contributed by atoms with Crippen LogP contribution in [0.4, 0.5) is 0 Å². The summed E-state index contributed by atoms with van der Waals surface area (Å²) in [6.07, 6.45) is 7.18. The Morgan fingerprint density at radius 1 is 1.17 bits per heavy atom. The molecule has 0 aliphatic rings. The zero-order valence-corrected chi connectivity index (χ0v) is 22.3. The topological polar surface area (TPSA) is 106 Å². The average molecular weight is 508 g/mol. The van der Waals surface area contributed by atoms with Gasteiger partial charge >= 0.3 is 0 Å². The number of rotatable bonds is 10. The number of benzene rings is 2. The first kappa shape index (κ1) is 25.7. The molecule has 36 heavy (non-hydrogen) atoms. The monoisotopic (exact) mass is 507 g/mol. The Morgan fingerprint density at radius 2 is 1.92 bits per heavy atom. The van der Waals surface area contributed by atoms with E-state index in [0.717, 1.165) is 33.7 Å². The van der Waals surface area contributed by atoms with Gasteiger partial charge in [-0.15, -0.1) is 0 Å². The van der Waals surface area contributed by atoms with Crippen LogP contribution in [0.1, 0.15) is 30.9 Å². The summed E-state index contributed by atoms with van der Waals surface area (Å²) < 4.78 is 14.0. The summed E-state index contributed by atoms with van der Waals surface area (Å²) in [6.45, 7) is 5.59. The predicted octanol–water partition coefficient (Wildman–Crippen LogP) is 4.44. The molecule has 0 aliphatic carbocycles. The smallest absolute Gasteiger partial charge is 0.272 e. The van der Waals surface area contributed by atoms with Crippen LogP contribution in [0, 0.1) is 17.2 Å². The standard InChI is InChI=1S/C27H33N5O3S/c1-18(2)16-35-25-13-23-24(12-19(25)15-28)32(17-34-10-11-36(3,4)5)26(29-23)14-22-20-8-6-7-9-21(20)27(33)31-30-22/h6-9,12-13,18H,10-11,14,16-17H2,1-5H3,(H,31,33). The molecule has 0 amide bonds. The van der Waals surface area contributed by atoms with Gasteiger partial charge in [-0.25, -0.2) is 20.1 Å². The molecule has 0 aliphatic heterocycles. The number of hydrogen-bond donors (Lipinski definition) is 1. The van der Waals surface area contributed by atoms with E-state index in [2.05, 4.69) is 48.9 Å². The van der Waals surface area contributed by atoms with Crippen molar-refractivity contribution >= 4 is 31.8 Å². The minimum absolute atomic E-state index is 0.221. The lowest BCUT2D eigenvalue weighted by atomic mass is 10.1. The second-order valence-electron chi connectivity index (χ2n) is 10.2. The summed E-state index contributed by atoms with van der Waals surface area (Å²) in [6, 6.07) is 13.3. The molecule has 2 aromatic heterocycles. The molecule has 0 bridgehead atoms. The lowest BCUT2D eigenvalue weighted by Crippen LogP contribution is -2.14. The van der Waals surface area contributed by atoms with Crippen molar-refractivity contribution in [3.8, 4) is 11.8 Å². The van der Waals surface area contributed by atoms with Gasteiger partial charge in [0.05, 0.1) is 47.3 Å². The summed E-state index contributed by atoms with van der Waals surface area (Å²) in [5, 5.41) is 18.1. The van der Waals surface area contributed by atoms with Gasteiger partial charge in [0.15, 0.2) is 0 Å². The summed E-state index contributed by atoms with van der Waals surface area (Å²) >= 11 is 0. The molecule has 0 unspecified atom stereocenters. The summed E-state index contributed by atoms with van der Waals surface area (Å²) in [4.78, 5) is 17.2. The molecule has 1 N–H and O–H groups in total. The molecule has 0 fully saturated rings. The molecule has 8 nitrogen and oxygen atoms in total. The minimum atomic E-state index is -0.678. The van der Waals surface area contributed by atoms with E-state index in [0.29, 0.717) is 49.0 Å². The fraction of sp³-hybridized carbons (Fsp3) is 0.407. The van der Waals surface area contributed by atoms with Gasteiger partial charge in [-0.3, -0.25) is 4.79 Å². The first-order chi connectivity index (χ1) is 17.2. The van der Waals surface area contributed by atoms with Crippen molar-refractivity contribution in [3.63, 3.8) is 0 Å². The van der Waals surface area contributed by atoms with Crippen molar-refractivity contribution in [1.29, 1.82) is 5.26 Å². The number of imidazole rings is 1. The van der Waals surface area contributed by atoms with E-state index in [1.807, 2.05) is 34.9 Å². The van der Waals surface area contributed by atoms with Gasteiger partial charge in [-0.05, 0) is 36.8 Å². The number of nitrogens with one attached hydrogen (secondary N) is 1. The molecule has 2 heterocycles. The molecule has 0 atom stereocenters. The van der Waals surface area contributed by atoms with Crippen LogP contribution in [0.2, 0.25) is 0 Å². The molecule has 4 rings (SSSR count). The van der Waals surface area contributed by atoms with E-state index in [9.17, 15) is 10.1 Å². The van der Waals surface area contributed by atoms with Crippen LogP contribution < -0.4 is 10.3 Å². The summed E-state index contributed by atoms with van der Waals surface area (Å²) in [7, 11) is -0.678. The predicted molar refractivity (Wildman–Crippen MR) is 146 cm³/mol. The highest BCUT2D eigenvalue weighted by Gasteiger charge is 2.18. The van der Waals surface area contributed by atoms with E-state index < -0.39 is 10.0 Å². The fourth-order valence-electron chi connectivity index (χ4n) is 3.86. The highest BCUT2D eigenvalue weighted by atomic mass is 32.3. The van der Waals surface area contributed by atoms with Gasteiger partial charge in [0.1, 0.15) is 24.4 Å². The lowest BCUT2D eigenvalue weighted by molar-refractivity contribution is 0.0906. The Morgan fingerprint density at radius 3 is 2.61 bits per heavy atom. The zero-order valence-electron chi connectivity index (χ0n) is 21.5. The number of nitrogens with zero attached hydrogens (tertiary/aromatic N) is 4. The molecular weight excluding hydrogens is 474 g/mol. The second kappa shape index (κ2) is 10.7. The van der Waals surface area contributed by atoms with Gasteiger partial charge in [0.25, 0.3) is 5.56 Å². The normalized spacial score (nSPS) is 12.4. The van der Waals surface area contributed by atoms with E-state index >= 15 is 0 Å². The Balaban J connectivity index is 1.76. The molecule has 190 valence electrons. The van der Waals surface area contributed by atoms with Crippen LogP contribution in [0.3, 0.4) is 0 Å². The van der Waals surface area contributed by atoms with Crippen molar-refractivity contribution < 1.29 is 9.47 Å². The molecule has 0 saturated carbocycles. The Kier molecular flexibility index (Phi) is 7.67. The number of ether oxygens (including phenoxy) is 2. The fourth-order valence-corrected chi connectivity index (χ4v) is 4.48. The third kappa shape index (κ3) is 5.89. The van der Waals surface area contributed by atoms with Crippen LogP contribution in [-0.2, 0) is 17.9 Å². The average Bonchev–Trinajstić information content (AvgIpc) is 3.16. The Bertz CT molecular complexity index is 1480. The molecular formula is C27H33N5O3S. The third-order valence-electron chi connectivity index (χ3n) is 5.78. The van der Waals surface area contributed by atoms with Crippen LogP contribution in [-0.4, -0.2) is 57.5 Å². The SMILES string of the molecule is CC(C)COc1cc2nc(Cc3n[nH]c(=O)c4ccccc34)n(COCCS(C)(C)C)c2cc1C#N. The zero-order chi connectivity index (χ0) is 25.9. The maximum atomic E-state index is 12.3. The first-order valence-electron chi connectivity index (χ1n) is 11.9. The van der Waals surface area contributed by atoms with Crippen molar-refractivity contribution in [2.75, 3.05) is 37.7 Å². The van der Waals surface area contributed by atoms with Crippen molar-refractivity contribution in [3.05, 3.63) is 63.8 Å². The number of hydrogen-bond acceptors (Lipinski definition) is 6. The van der Waals surface area contributed by atoms with Gasteiger partial charge in [-0.2, -0.15) is 10.4 Å². The molecule has 0 radical (unpaired) electrons. The van der Waals surface area contributed by atoms with Crippen molar-refractivity contribution in [1.82, 2.24) is 19.7 Å². The van der Waals surface area contributed by atoms with Crippen LogP contribution >= 0.6 is 10.0 Å². The quantitative estimate of drug-likeness (QED) is 0.318. The Labute approximate surface area is 212 Å². The molecule has 9 heteroatoms.